The fourth-order valence-corrected chi connectivity index (χ4v) is 1.11. The van der Waals surface area contributed by atoms with Crippen molar-refractivity contribution in [1.29, 1.82) is 0 Å². The van der Waals surface area contributed by atoms with Crippen molar-refractivity contribution in [1.82, 2.24) is 5.32 Å². The van der Waals surface area contributed by atoms with Crippen LogP contribution in [0.2, 0.25) is 0 Å². The SMILES string of the molecule is C=C(/C=C(/NC(C)=O)OCCC)C(C)(C)C(C)O. The molecule has 0 aromatic rings. The molecule has 1 amide bonds. The summed E-state index contributed by atoms with van der Waals surface area (Å²) in [5.74, 6) is 0.183. The molecule has 0 bridgehead atoms. The van der Waals surface area contributed by atoms with Gasteiger partial charge in [0.15, 0.2) is 5.88 Å². The van der Waals surface area contributed by atoms with Gasteiger partial charge in [-0.25, -0.2) is 0 Å². The summed E-state index contributed by atoms with van der Waals surface area (Å²) in [7, 11) is 0. The van der Waals surface area contributed by atoms with E-state index in [1.807, 2.05) is 20.8 Å². The van der Waals surface area contributed by atoms with Gasteiger partial charge >= 0.3 is 0 Å². The first kappa shape index (κ1) is 16.7. The summed E-state index contributed by atoms with van der Waals surface area (Å²) in [5, 5.41) is 12.3. The van der Waals surface area contributed by atoms with Crippen LogP contribution in [0.4, 0.5) is 0 Å². The summed E-state index contributed by atoms with van der Waals surface area (Å²) in [6.45, 7) is 13.4. The fraction of sp³-hybridized carbons (Fsp3) is 0.643. The number of hydrogen-bond acceptors (Lipinski definition) is 3. The van der Waals surface area contributed by atoms with Gasteiger partial charge in [0.2, 0.25) is 5.91 Å². The molecule has 104 valence electrons. The monoisotopic (exact) mass is 255 g/mol. The number of rotatable bonds is 7. The lowest BCUT2D eigenvalue weighted by molar-refractivity contribution is -0.119. The Balaban J connectivity index is 4.92. The highest BCUT2D eigenvalue weighted by Gasteiger charge is 2.26. The topological polar surface area (TPSA) is 58.6 Å². The second kappa shape index (κ2) is 7.21. The molecule has 0 spiro atoms. The Morgan fingerprint density at radius 1 is 1.56 bits per heavy atom. The number of aliphatic hydroxyl groups excluding tert-OH is 1. The van der Waals surface area contributed by atoms with E-state index in [1.165, 1.54) is 6.92 Å². The molecule has 1 atom stereocenters. The van der Waals surface area contributed by atoms with Crippen molar-refractivity contribution in [2.45, 2.75) is 47.1 Å². The summed E-state index contributed by atoms with van der Waals surface area (Å²) < 4.78 is 5.43. The van der Waals surface area contributed by atoms with Gasteiger partial charge in [-0.15, -0.1) is 0 Å². The lowest BCUT2D eigenvalue weighted by Crippen LogP contribution is -2.29. The van der Waals surface area contributed by atoms with E-state index in [2.05, 4.69) is 11.9 Å². The normalized spacial score (nSPS) is 14.0. The molecule has 0 heterocycles. The van der Waals surface area contributed by atoms with Crippen LogP contribution in [0.1, 0.15) is 41.0 Å². The molecule has 0 aliphatic rings. The van der Waals surface area contributed by atoms with Crippen LogP contribution in [0, 0.1) is 5.41 Å². The van der Waals surface area contributed by atoms with Crippen LogP contribution in [0.25, 0.3) is 0 Å². The lowest BCUT2D eigenvalue weighted by atomic mass is 9.80. The minimum absolute atomic E-state index is 0.194. The molecule has 0 fully saturated rings. The van der Waals surface area contributed by atoms with Gasteiger partial charge < -0.3 is 9.84 Å². The van der Waals surface area contributed by atoms with E-state index in [9.17, 15) is 9.90 Å². The molecule has 18 heavy (non-hydrogen) atoms. The van der Waals surface area contributed by atoms with Crippen LogP contribution >= 0.6 is 0 Å². The van der Waals surface area contributed by atoms with E-state index >= 15 is 0 Å². The molecular formula is C14H25NO3. The van der Waals surface area contributed by atoms with E-state index in [-0.39, 0.29) is 5.91 Å². The van der Waals surface area contributed by atoms with Gasteiger partial charge in [0.05, 0.1) is 12.7 Å². The Morgan fingerprint density at radius 3 is 2.50 bits per heavy atom. The highest BCUT2D eigenvalue weighted by molar-refractivity contribution is 5.74. The van der Waals surface area contributed by atoms with Crippen molar-refractivity contribution in [3.63, 3.8) is 0 Å². The minimum atomic E-state index is -0.536. The van der Waals surface area contributed by atoms with Crippen LogP contribution < -0.4 is 5.32 Å². The molecule has 0 rings (SSSR count). The van der Waals surface area contributed by atoms with Gasteiger partial charge in [0.1, 0.15) is 0 Å². The van der Waals surface area contributed by atoms with Gasteiger partial charge in [-0.3, -0.25) is 10.1 Å². The van der Waals surface area contributed by atoms with Crippen molar-refractivity contribution in [3.05, 3.63) is 24.1 Å². The highest BCUT2D eigenvalue weighted by Crippen LogP contribution is 2.30. The van der Waals surface area contributed by atoms with Crippen LogP contribution in [-0.4, -0.2) is 23.7 Å². The number of carbonyl (C=O) groups is 1. The second-order valence-electron chi connectivity index (χ2n) is 4.96. The molecule has 0 aromatic heterocycles. The summed E-state index contributed by atoms with van der Waals surface area (Å²) in [4.78, 5) is 11.1. The van der Waals surface area contributed by atoms with E-state index < -0.39 is 11.5 Å². The molecule has 0 aromatic carbocycles. The largest absolute Gasteiger partial charge is 0.479 e. The minimum Gasteiger partial charge on any atom is -0.479 e. The third kappa shape index (κ3) is 5.36. The van der Waals surface area contributed by atoms with Crippen molar-refractivity contribution in [2.75, 3.05) is 6.61 Å². The Bertz CT molecular complexity index is 330. The van der Waals surface area contributed by atoms with Gasteiger partial charge in [-0.1, -0.05) is 27.4 Å². The number of allylic oxidation sites excluding steroid dienone is 1. The highest BCUT2D eigenvalue weighted by atomic mass is 16.5. The van der Waals surface area contributed by atoms with E-state index in [4.69, 9.17) is 4.74 Å². The van der Waals surface area contributed by atoms with Crippen LogP contribution in [0.3, 0.4) is 0 Å². The maximum absolute atomic E-state index is 11.1. The number of amides is 1. The fourth-order valence-electron chi connectivity index (χ4n) is 1.11. The van der Waals surface area contributed by atoms with E-state index in [1.54, 1.807) is 13.0 Å². The summed E-state index contributed by atoms with van der Waals surface area (Å²) in [5.41, 5.74) is 0.233. The first-order chi connectivity index (χ1) is 8.21. The molecule has 0 aliphatic carbocycles. The number of carbonyl (C=O) groups excluding carboxylic acids is 1. The van der Waals surface area contributed by atoms with Crippen LogP contribution in [-0.2, 0) is 9.53 Å². The van der Waals surface area contributed by atoms with Crippen molar-refractivity contribution in [2.24, 2.45) is 5.41 Å². The molecule has 0 aliphatic heterocycles. The molecule has 0 saturated carbocycles. The molecular weight excluding hydrogens is 230 g/mol. The first-order valence-corrected chi connectivity index (χ1v) is 6.21. The smallest absolute Gasteiger partial charge is 0.223 e. The number of ether oxygens (including phenoxy) is 1. The summed E-state index contributed by atoms with van der Waals surface area (Å²) in [6.07, 6.45) is 1.98. The third-order valence-electron chi connectivity index (χ3n) is 2.94. The van der Waals surface area contributed by atoms with Crippen LogP contribution in [0.5, 0.6) is 0 Å². The van der Waals surface area contributed by atoms with Gasteiger partial charge in [-0.05, 0) is 18.9 Å². The van der Waals surface area contributed by atoms with Crippen LogP contribution in [0.15, 0.2) is 24.1 Å². The zero-order valence-corrected chi connectivity index (χ0v) is 12.0. The molecule has 2 N–H and O–H groups in total. The zero-order valence-electron chi connectivity index (χ0n) is 12.0. The Labute approximate surface area is 110 Å². The van der Waals surface area contributed by atoms with Gasteiger partial charge in [-0.2, -0.15) is 0 Å². The molecule has 0 saturated heterocycles. The number of nitrogens with one attached hydrogen (secondary N) is 1. The first-order valence-electron chi connectivity index (χ1n) is 6.21. The number of aliphatic hydroxyl groups is 1. The van der Waals surface area contributed by atoms with Crippen molar-refractivity contribution in [3.8, 4) is 0 Å². The lowest BCUT2D eigenvalue weighted by Gasteiger charge is -2.29. The summed E-state index contributed by atoms with van der Waals surface area (Å²) >= 11 is 0. The molecule has 1 unspecified atom stereocenters. The number of hydrogen-bond donors (Lipinski definition) is 2. The quantitative estimate of drug-likeness (QED) is 0.542. The predicted octanol–water partition coefficient (Wildman–Crippen LogP) is 2.35. The summed E-state index contributed by atoms with van der Waals surface area (Å²) in [6, 6.07) is 0. The average molecular weight is 255 g/mol. The molecule has 0 radical (unpaired) electrons. The van der Waals surface area contributed by atoms with E-state index in [0.29, 0.717) is 18.1 Å². The Kier molecular flexibility index (Phi) is 6.70. The standard InChI is InChI=1S/C14H25NO3/c1-7-8-18-13(15-12(4)17)9-10(2)14(5,6)11(3)16/h9,11,16H,2,7-8H2,1,3-6H3,(H,15,17)/b13-9-. The second-order valence-corrected chi connectivity index (χ2v) is 4.96. The third-order valence-corrected chi connectivity index (χ3v) is 2.94. The molecule has 4 nitrogen and oxygen atoms in total. The predicted molar refractivity (Wildman–Crippen MR) is 72.7 cm³/mol. The van der Waals surface area contributed by atoms with Gasteiger partial charge in [0.25, 0.3) is 0 Å². The maximum atomic E-state index is 11.1. The average Bonchev–Trinajstić information content (AvgIpc) is 2.24. The van der Waals surface area contributed by atoms with Crippen molar-refractivity contribution < 1.29 is 14.6 Å². The Hall–Kier alpha value is -1.29. The van der Waals surface area contributed by atoms with E-state index in [0.717, 1.165) is 6.42 Å². The maximum Gasteiger partial charge on any atom is 0.223 e. The van der Waals surface area contributed by atoms with Gasteiger partial charge in [0, 0.05) is 18.4 Å². The zero-order chi connectivity index (χ0) is 14.3. The Morgan fingerprint density at radius 2 is 2.11 bits per heavy atom. The molecule has 4 heteroatoms. The van der Waals surface area contributed by atoms with Crippen molar-refractivity contribution >= 4 is 5.91 Å².